The average molecular weight is 754 g/mol. The van der Waals surface area contributed by atoms with Crippen molar-refractivity contribution in [1.29, 1.82) is 0 Å². The van der Waals surface area contributed by atoms with Crippen LogP contribution in [0.5, 0.6) is 0 Å². The Kier molecular flexibility index (Phi) is 7.31. The summed E-state index contributed by atoms with van der Waals surface area (Å²) >= 11 is 0. The molecule has 1 aromatic heterocycles. The second kappa shape index (κ2) is 12.8. The molecule has 0 spiro atoms. The molecule has 0 atom stereocenters. The quantitative estimate of drug-likeness (QED) is 0.163. The molecule has 0 saturated heterocycles. The lowest BCUT2D eigenvalue weighted by molar-refractivity contribution is 0.660. The molecule has 0 bridgehead atoms. The highest BCUT2D eigenvalue weighted by Gasteiger charge is 2.38. The van der Waals surface area contributed by atoms with E-state index in [1.54, 1.807) is 0 Å². The second-order valence-electron chi connectivity index (χ2n) is 16.4. The Balaban J connectivity index is 1.07. The summed E-state index contributed by atoms with van der Waals surface area (Å²) in [5.41, 5.74) is 15.1. The van der Waals surface area contributed by atoms with Crippen molar-refractivity contribution in [1.82, 2.24) is 0 Å². The number of hydrogen-bond acceptors (Lipinski definition) is 2. The number of nitrogens with zero attached hydrogens (tertiary/aromatic N) is 1. The van der Waals surface area contributed by atoms with Crippen molar-refractivity contribution in [2.45, 2.75) is 19.3 Å². The maximum absolute atomic E-state index is 6.56. The van der Waals surface area contributed by atoms with Gasteiger partial charge >= 0.3 is 0 Å². The first-order chi connectivity index (χ1) is 29.0. The molecular formula is C57H39NO. The van der Waals surface area contributed by atoms with Crippen molar-refractivity contribution < 1.29 is 4.42 Å². The molecule has 11 aromatic rings. The maximum Gasteiger partial charge on any atom is 0.143 e. The molecule has 278 valence electrons. The predicted molar refractivity (Wildman–Crippen MR) is 249 cm³/mol. The number of benzene rings is 10. The third-order valence-corrected chi connectivity index (χ3v) is 12.8. The normalized spacial score (nSPS) is 13.1. The zero-order valence-corrected chi connectivity index (χ0v) is 32.9. The molecule has 59 heavy (non-hydrogen) atoms. The van der Waals surface area contributed by atoms with Crippen LogP contribution in [0.4, 0.5) is 17.1 Å². The summed E-state index contributed by atoms with van der Waals surface area (Å²) in [5, 5.41) is 9.63. The minimum atomic E-state index is -0.133. The van der Waals surface area contributed by atoms with Crippen LogP contribution >= 0.6 is 0 Å². The van der Waals surface area contributed by atoms with Gasteiger partial charge in [-0.1, -0.05) is 166 Å². The van der Waals surface area contributed by atoms with Crippen molar-refractivity contribution in [3.8, 4) is 33.4 Å². The van der Waals surface area contributed by atoms with Crippen molar-refractivity contribution in [3.05, 3.63) is 211 Å². The minimum absolute atomic E-state index is 0.133. The molecule has 12 rings (SSSR count). The van der Waals surface area contributed by atoms with Crippen LogP contribution in [0, 0.1) is 0 Å². The molecule has 0 N–H and O–H groups in total. The lowest BCUT2D eigenvalue weighted by Gasteiger charge is -2.30. The number of furan rings is 1. The standard InChI is InChI=1S/C57H39NO/c1-57(2)50-22-11-9-21-47(50)55-51(57)23-13-25-53(55)58(40-30-26-37(27-31-40)48-34-38-15-4-5-16-41(38)44-19-7-8-20-45(44)48)52-24-12-10-17-42(52)39-29-33-54-49(35-39)46-32-28-36-14-3-6-18-43(36)56(46)59-54/h3-35H,1-2H3. The second-order valence-corrected chi connectivity index (χ2v) is 16.4. The highest BCUT2D eigenvalue weighted by Crippen LogP contribution is 2.55. The van der Waals surface area contributed by atoms with E-state index in [0.29, 0.717) is 0 Å². The fourth-order valence-electron chi connectivity index (χ4n) is 10.00. The summed E-state index contributed by atoms with van der Waals surface area (Å²) in [6.45, 7) is 4.71. The molecule has 0 unspecified atom stereocenters. The van der Waals surface area contributed by atoms with E-state index in [9.17, 15) is 0 Å². The third-order valence-electron chi connectivity index (χ3n) is 12.8. The molecular weight excluding hydrogens is 715 g/mol. The zero-order valence-electron chi connectivity index (χ0n) is 32.9. The smallest absolute Gasteiger partial charge is 0.143 e. The summed E-state index contributed by atoms with van der Waals surface area (Å²) in [6, 6.07) is 73.3. The van der Waals surface area contributed by atoms with Gasteiger partial charge < -0.3 is 9.32 Å². The summed E-state index contributed by atoms with van der Waals surface area (Å²) < 4.78 is 6.56. The Morgan fingerprint density at radius 2 is 1.03 bits per heavy atom. The van der Waals surface area contributed by atoms with Crippen molar-refractivity contribution in [3.63, 3.8) is 0 Å². The summed E-state index contributed by atoms with van der Waals surface area (Å²) in [7, 11) is 0. The molecule has 10 aromatic carbocycles. The van der Waals surface area contributed by atoms with Crippen LogP contribution in [0.25, 0.3) is 87.6 Å². The Labute approximate surface area is 343 Å². The third kappa shape index (κ3) is 5.06. The van der Waals surface area contributed by atoms with E-state index in [1.807, 2.05) is 0 Å². The van der Waals surface area contributed by atoms with Gasteiger partial charge in [-0.05, 0) is 109 Å². The van der Waals surface area contributed by atoms with E-state index in [2.05, 4.69) is 219 Å². The van der Waals surface area contributed by atoms with Gasteiger partial charge in [0.2, 0.25) is 0 Å². The first-order valence-corrected chi connectivity index (χ1v) is 20.5. The van der Waals surface area contributed by atoms with Crippen LogP contribution in [0.1, 0.15) is 25.0 Å². The molecule has 1 aliphatic rings. The van der Waals surface area contributed by atoms with Crippen LogP contribution in [0.3, 0.4) is 0 Å². The van der Waals surface area contributed by atoms with Gasteiger partial charge in [-0.25, -0.2) is 0 Å². The van der Waals surface area contributed by atoms with E-state index >= 15 is 0 Å². The van der Waals surface area contributed by atoms with Crippen LogP contribution in [-0.2, 0) is 5.41 Å². The molecule has 2 nitrogen and oxygen atoms in total. The van der Waals surface area contributed by atoms with Crippen LogP contribution < -0.4 is 4.90 Å². The van der Waals surface area contributed by atoms with Gasteiger partial charge in [0, 0.05) is 38.4 Å². The van der Waals surface area contributed by atoms with Gasteiger partial charge in [0.05, 0.1) is 11.4 Å². The Morgan fingerprint density at radius 3 is 1.88 bits per heavy atom. The number of rotatable bonds is 5. The summed E-state index contributed by atoms with van der Waals surface area (Å²) in [6.07, 6.45) is 0. The Morgan fingerprint density at radius 1 is 0.390 bits per heavy atom. The molecule has 1 heterocycles. The van der Waals surface area contributed by atoms with Gasteiger partial charge in [0.25, 0.3) is 0 Å². The van der Waals surface area contributed by atoms with Crippen molar-refractivity contribution >= 4 is 71.3 Å². The lowest BCUT2D eigenvalue weighted by Crippen LogP contribution is -2.16. The number of anilines is 3. The van der Waals surface area contributed by atoms with Gasteiger partial charge in [-0.15, -0.1) is 0 Å². The predicted octanol–water partition coefficient (Wildman–Crippen LogP) is 16.2. The van der Waals surface area contributed by atoms with Gasteiger partial charge in [-0.3, -0.25) is 0 Å². The molecule has 0 amide bonds. The SMILES string of the molecule is CC1(C)c2ccccc2-c2c(N(c3ccc(-c4cc5ccccc5c5ccccc45)cc3)c3ccccc3-c3ccc4oc5c6ccccc6ccc5c4c3)cccc21. The number of hydrogen-bond donors (Lipinski definition) is 0. The molecule has 0 fully saturated rings. The van der Waals surface area contributed by atoms with E-state index in [0.717, 1.165) is 55.5 Å². The fourth-order valence-corrected chi connectivity index (χ4v) is 10.00. The van der Waals surface area contributed by atoms with Crippen LogP contribution in [0.15, 0.2) is 205 Å². The molecule has 0 radical (unpaired) electrons. The summed E-state index contributed by atoms with van der Waals surface area (Å²) in [4.78, 5) is 2.49. The Hall–Kier alpha value is -7.42. The average Bonchev–Trinajstić information content (AvgIpc) is 3.79. The maximum atomic E-state index is 6.56. The van der Waals surface area contributed by atoms with E-state index in [4.69, 9.17) is 4.42 Å². The van der Waals surface area contributed by atoms with E-state index < -0.39 is 0 Å². The monoisotopic (exact) mass is 753 g/mol. The molecule has 1 aliphatic carbocycles. The Bertz CT molecular complexity index is 3480. The van der Waals surface area contributed by atoms with Gasteiger partial charge in [0.15, 0.2) is 0 Å². The molecule has 2 heteroatoms. The van der Waals surface area contributed by atoms with Crippen molar-refractivity contribution in [2.75, 3.05) is 4.90 Å². The first kappa shape index (κ1) is 33.7. The van der Waals surface area contributed by atoms with Crippen LogP contribution in [0.2, 0.25) is 0 Å². The highest BCUT2D eigenvalue weighted by atomic mass is 16.3. The number of fused-ring (bicyclic) bond motifs is 11. The zero-order chi connectivity index (χ0) is 39.2. The molecule has 0 saturated carbocycles. The topological polar surface area (TPSA) is 16.4 Å². The van der Waals surface area contributed by atoms with Gasteiger partial charge in [-0.2, -0.15) is 0 Å². The van der Waals surface area contributed by atoms with E-state index in [-0.39, 0.29) is 5.41 Å². The van der Waals surface area contributed by atoms with E-state index in [1.165, 1.54) is 60.3 Å². The lowest BCUT2D eigenvalue weighted by atomic mass is 9.82. The summed E-state index contributed by atoms with van der Waals surface area (Å²) in [5.74, 6) is 0. The molecule has 0 aliphatic heterocycles. The largest absolute Gasteiger partial charge is 0.455 e. The number of para-hydroxylation sites is 1. The van der Waals surface area contributed by atoms with Crippen molar-refractivity contribution in [2.24, 2.45) is 0 Å². The fraction of sp³-hybridized carbons (Fsp3) is 0.0526. The van der Waals surface area contributed by atoms with Crippen LogP contribution in [-0.4, -0.2) is 0 Å². The van der Waals surface area contributed by atoms with Gasteiger partial charge in [0.1, 0.15) is 11.2 Å². The minimum Gasteiger partial charge on any atom is -0.455 e. The highest BCUT2D eigenvalue weighted by molar-refractivity contribution is 6.16. The first-order valence-electron chi connectivity index (χ1n) is 20.5.